The standard InChI is InChI=1S/C24H24N2O4S2/c1-14-6-8-15(9-7-14)20(27)13-31-24-26-19-11-10-16(12-21(19)32-24)25-22(28)17-4-2-3-5-18(17)23(29)30/h6-12,17-18H,2-5,13H2,1H3,(H,25,28)(H,29,30)/t17-,18-/m1/s1. The van der Waals surface area contributed by atoms with Gasteiger partial charge < -0.3 is 10.4 Å². The van der Waals surface area contributed by atoms with Gasteiger partial charge in [-0.25, -0.2) is 4.98 Å². The number of nitrogens with zero attached hydrogens (tertiary/aromatic N) is 1. The number of amides is 1. The predicted octanol–water partition coefficient (Wildman–Crippen LogP) is 5.41. The average Bonchev–Trinajstić information content (AvgIpc) is 3.20. The number of Topliss-reactive ketones (excluding diaryl/α,β-unsaturated/α-hetero) is 1. The Kier molecular flexibility index (Phi) is 6.91. The number of thioether (sulfide) groups is 1. The predicted molar refractivity (Wildman–Crippen MR) is 128 cm³/mol. The molecule has 166 valence electrons. The van der Waals surface area contributed by atoms with E-state index in [0.29, 0.717) is 29.8 Å². The number of fused-ring (bicyclic) bond motifs is 1. The number of anilines is 1. The molecule has 0 spiro atoms. The molecule has 0 radical (unpaired) electrons. The monoisotopic (exact) mass is 468 g/mol. The number of carbonyl (C=O) groups is 3. The summed E-state index contributed by atoms with van der Waals surface area (Å²) in [7, 11) is 0. The smallest absolute Gasteiger partial charge is 0.307 e. The molecule has 3 aromatic rings. The van der Waals surface area contributed by atoms with Gasteiger partial charge >= 0.3 is 5.97 Å². The van der Waals surface area contributed by atoms with E-state index in [1.807, 2.05) is 43.3 Å². The topological polar surface area (TPSA) is 96.4 Å². The Hall–Kier alpha value is -2.71. The lowest BCUT2D eigenvalue weighted by Crippen LogP contribution is -2.36. The minimum atomic E-state index is -0.899. The van der Waals surface area contributed by atoms with Crippen molar-refractivity contribution in [3.8, 4) is 0 Å². The van der Waals surface area contributed by atoms with Gasteiger partial charge in [-0.05, 0) is 38.0 Å². The van der Waals surface area contributed by atoms with Gasteiger partial charge in [-0.1, -0.05) is 54.4 Å². The number of ketones is 1. The van der Waals surface area contributed by atoms with Gasteiger partial charge in [-0.3, -0.25) is 14.4 Å². The molecule has 2 atom stereocenters. The zero-order chi connectivity index (χ0) is 22.7. The highest BCUT2D eigenvalue weighted by atomic mass is 32.2. The maximum Gasteiger partial charge on any atom is 0.307 e. The summed E-state index contributed by atoms with van der Waals surface area (Å²) in [6, 6.07) is 13.0. The number of aryl methyl sites for hydroxylation is 1. The van der Waals surface area contributed by atoms with Crippen molar-refractivity contribution in [1.82, 2.24) is 4.98 Å². The number of rotatable bonds is 7. The Labute approximate surface area is 194 Å². The molecule has 0 unspecified atom stereocenters. The number of hydrogen-bond acceptors (Lipinski definition) is 6. The molecule has 1 aliphatic rings. The Bertz CT molecular complexity index is 1160. The molecule has 1 aromatic heterocycles. The summed E-state index contributed by atoms with van der Waals surface area (Å²) < 4.78 is 1.70. The van der Waals surface area contributed by atoms with Gasteiger partial charge in [-0.15, -0.1) is 11.3 Å². The van der Waals surface area contributed by atoms with E-state index in [0.717, 1.165) is 33.0 Å². The maximum atomic E-state index is 12.7. The second-order valence-electron chi connectivity index (χ2n) is 8.07. The van der Waals surface area contributed by atoms with Crippen LogP contribution in [0.2, 0.25) is 0 Å². The number of carbonyl (C=O) groups excluding carboxylic acids is 2. The van der Waals surface area contributed by atoms with E-state index in [2.05, 4.69) is 10.3 Å². The molecule has 32 heavy (non-hydrogen) atoms. The van der Waals surface area contributed by atoms with E-state index in [-0.39, 0.29) is 11.7 Å². The molecular formula is C24H24N2O4S2. The van der Waals surface area contributed by atoms with Crippen molar-refractivity contribution in [2.75, 3.05) is 11.1 Å². The minimum Gasteiger partial charge on any atom is -0.481 e. The summed E-state index contributed by atoms with van der Waals surface area (Å²) in [5, 5.41) is 12.3. The lowest BCUT2D eigenvalue weighted by atomic mass is 9.78. The summed E-state index contributed by atoms with van der Waals surface area (Å²) in [5.41, 5.74) is 3.24. The van der Waals surface area contributed by atoms with Crippen LogP contribution in [-0.4, -0.2) is 33.5 Å². The molecule has 8 heteroatoms. The van der Waals surface area contributed by atoms with E-state index >= 15 is 0 Å². The van der Waals surface area contributed by atoms with Gasteiger partial charge in [0.2, 0.25) is 5.91 Å². The third kappa shape index (κ3) is 5.19. The Morgan fingerprint density at radius 2 is 1.81 bits per heavy atom. The van der Waals surface area contributed by atoms with Gasteiger partial charge in [0.05, 0.1) is 27.8 Å². The first-order chi connectivity index (χ1) is 15.4. The zero-order valence-electron chi connectivity index (χ0n) is 17.7. The van der Waals surface area contributed by atoms with E-state index in [1.54, 1.807) is 6.07 Å². The van der Waals surface area contributed by atoms with Crippen LogP contribution in [0.5, 0.6) is 0 Å². The Balaban J connectivity index is 1.41. The first kappa shape index (κ1) is 22.5. The van der Waals surface area contributed by atoms with Crippen LogP contribution in [0.3, 0.4) is 0 Å². The third-order valence-corrected chi connectivity index (χ3v) is 7.92. The first-order valence-electron chi connectivity index (χ1n) is 10.6. The molecule has 1 fully saturated rings. The molecule has 2 N–H and O–H groups in total. The quantitative estimate of drug-likeness (QED) is 0.356. The molecular weight excluding hydrogens is 444 g/mol. The van der Waals surface area contributed by atoms with Crippen LogP contribution in [0.25, 0.3) is 10.2 Å². The van der Waals surface area contributed by atoms with Crippen molar-refractivity contribution < 1.29 is 19.5 Å². The van der Waals surface area contributed by atoms with E-state index in [9.17, 15) is 19.5 Å². The summed E-state index contributed by atoms with van der Waals surface area (Å²) in [6.07, 6.45) is 2.86. The second kappa shape index (κ2) is 9.83. The second-order valence-corrected chi connectivity index (χ2v) is 10.3. The fourth-order valence-electron chi connectivity index (χ4n) is 3.97. The molecule has 6 nitrogen and oxygen atoms in total. The van der Waals surface area contributed by atoms with Gasteiger partial charge in [0.25, 0.3) is 0 Å². The zero-order valence-corrected chi connectivity index (χ0v) is 19.3. The van der Waals surface area contributed by atoms with Crippen LogP contribution in [0.4, 0.5) is 5.69 Å². The minimum absolute atomic E-state index is 0.0580. The lowest BCUT2D eigenvalue weighted by molar-refractivity contribution is -0.147. The normalized spacial score (nSPS) is 18.4. The van der Waals surface area contributed by atoms with Crippen LogP contribution in [0.1, 0.15) is 41.6 Å². The summed E-state index contributed by atoms with van der Waals surface area (Å²) >= 11 is 2.88. The van der Waals surface area contributed by atoms with Crippen LogP contribution >= 0.6 is 23.1 Å². The fourth-order valence-corrected chi connectivity index (χ4v) is 5.97. The highest BCUT2D eigenvalue weighted by Gasteiger charge is 2.35. The first-order valence-corrected chi connectivity index (χ1v) is 12.4. The fraction of sp³-hybridized carbons (Fsp3) is 0.333. The molecule has 1 saturated carbocycles. The molecule has 4 rings (SSSR count). The number of aromatic nitrogens is 1. The van der Waals surface area contributed by atoms with E-state index in [1.165, 1.54) is 23.1 Å². The van der Waals surface area contributed by atoms with Crippen molar-refractivity contribution in [3.05, 3.63) is 53.6 Å². The molecule has 1 heterocycles. The molecule has 0 saturated heterocycles. The largest absolute Gasteiger partial charge is 0.481 e. The number of aliphatic carboxylic acids is 1. The molecule has 0 bridgehead atoms. The van der Waals surface area contributed by atoms with Gasteiger partial charge in [-0.2, -0.15) is 0 Å². The van der Waals surface area contributed by atoms with Gasteiger partial charge in [0.1, 0.15) is 0 Å². The SMILES string of the molecule is Cc1ccc(C(=O)CSc2nc3ccc(NC(=O)[C@@H]4CCCC[C@H]4C(=O)O)cc3s2)cc1. The third-order valence-electron chi connectivity index (χ3n) is 5.76. The van der Waals surface area contributed by atoms with Crippen molar-refractivity contribution in [1.29, 1.82) is 0 Å². The van der Waals surface area contributed by atoms with Crippen LogP contribution < -0.4 is 5.32 Å². The molecule has 0 aliphatic heterocycles. The molecule has 1 amide bonds. The van der Waals surface area contributed by atoms with Crippen molar-refractivity contribution in [2.24, 2.45) is 11.8 Å². The van der Waals surface area contributed by atoms with E-state index < -0.39 is 17.8 Å². The number of carboxylic acid groups (broad SMARTS) is 1. The number of thiazole rings is 1. The van der Waals surface area contributed by atoms with Gasteiger partial charge in [0.15, 0.2) is 10.1 Å². The maximum absolute atomic E-state index is 12.7. The number of benzene rings is 2. The highest BCUT2D eigenvalue weighted by molar-refractivity contribution is 8.01. The summed E-state index contributed by atoms with van der Waals surface area (Å²) in [5.74, 6) is -1.89. The van der Waals surface area contributed by atoms with Crippen molar-refractivity contribution in [3.63, 3.8) is 0 Å². The summed E-state index contributed by atoms with van der Waals surface area (Å²) in [4.78, 5) is 41.2. The Morgan fingerprint density at radius 3 is 2.53 bits per heavy atom. The average molecular weight is 469 g/mol. The number of nitrogens with one attached hydrogen (secondary N) is 1. The van der Waals surface area contributed by atoms with Crippen molar-refractivity contribution in [2.45, 2.75) is 36.9 Å². The summed E-state index contributed by atoms with van der Waals surface area (Å²) in [6.45, 7) is 1.99. The van der Waals surface area contributed by atoms with Crippen LogP contribution in [0.15, 0.2) is 46.8 Å². The number of carboxylic acids is 1. The van der Waals surface area contributed by atoms with Crippen LogP contribution in [0, 0.1) is 18.8 Å². The molecule has 1 aliphatic carbocycles. The van der Waals surface area contributed by atoms with E-state index in [4.69, 9.17) is 0 Å². The molecule has 2 aromatic carbocycles. The van der Waals surface area contributed by atoms with Crippen LogP contribution in [-0.2, 0) is 9.59 Å². The Morgan fingerprint density at radius 1 is 1.09 bits per heavy atom. The lowest BCUT2D eigenvalue weighted by Gasteiger charge is -2.27. The highest BCUT2D eigenvalue weighted by Crippen LogP contribution is 2.34. The number of hydrogen-bond donors (Lipinski definition) is 2. The van der Waals surface area contributed by atoms with Crippen molar-refractivity contribution >= 4 is 56.7 Å². The van der Waals surface area contributed by atoms with Gasteiger partial charge in [0, 0.05) is 11.3 Å².